The minimum Gasteiger partial charge on any atom is -0.496 e. The van der Waals surface area contributed by atoms with Gasteiger partial charge in [-0.25, -0.2) is 13.1 Å². The molecule has 23 heavy (non-hydrogen) atoms. The molecule has 0 aliphatic rings. The van der Waals surface area contributed by atoms with Gasteiger partial charge in [-0.2, -0.15) is 0 Å². The summed E-state index contributed by atoms with van der Waals surface area (Å²) >= 11 is 3.37. The van der Waals surface area contributed by atoms with E-state index in [1.165, 1.54) is 0 Å². The molecule has 0 saturated carbocycles. The molecule has 2 aromatic rings. The number of nitrogens with one attached hydrogen (secondary N) is 1. The van der Waals surface area contributed by atoms with Crippen molar-refractivity contribution in [3.63, 3.8) is 0 Å². The van der Waals surface area contributed by atoms with E-state index in [0.717, 1.165) is 28.6 Å². The van der Waals surface area contributed by atoms with Crippen LogP contribution in [0.3, 0.4) is 0 Å². The van der Waals surface area contributed by atoms with Crippen LogP contribution in [0.25, 0.3) is 0 Å². The summed E-state index contributed by atoms with van der Waals surface area (Å²) in [5.41, 5.74) is 2.08. The van der Waals surface area contributed by atoms with Gasteiger partial charge in [-0.15, -0.1) is 0 Å². The van der Waals surface area contributed by atoms with Gasteiger partial charge < -0.3 is 4.74 Å². The number of alkyl halides is 1. The second-order valence-electron chi connectivity index (χ2n) is 5.04. The van der Waals surface area contributed by atoms with Crippen LogP contribution in [0.5, 0.6) is 5.75 Å². The molecule has 0 bridgehead atoms. The lowest BCUT2D eigenvalue weighted by molar-refractivity contribution is 0.409. The van der Waals surface area contributed by atoms with Crippen molar-refractivity contribution in [2.45, 2.75) is 17.7 Å². The second-order valence-corrected chi connectivity index (χ2v) is 7.60. The summed E-state index contributed by atoms with van der Waals surface area (Å²) in [7, 11) is -1.88. The molecule has 0 unspecified atom stereocenters. The average Bonchev–Trinajstić information content (AvgIpc) is 2.56. The smallest absolute Gasteiger partial charge is 0.240 e. The summed E-state index contributed by atoms with van der Waals surface area (Å²) in [6.07, 6.45) is 1.45. The number of hydrogen-bond acceptors (Lipinski definition) is 3. The number of benzene rings is 2. The molecular weight excluding hydrogens is 378 g/mol. The van der Waals surface area contributed by atoms with Crippen LogP contribution in [-0.2, 0) is 22.9 Å². The van der Waals surface area contributed by atoms with Crippen LogP contribution in [0, 0.1) is 0 Å². The number of ether oxygens (including phenoxy) is 1. The van der Waals surface area contributed by atoms with Crippen molar-refractivity contribution < 1.29 is 13.2 Å². The normalized spacial score (nSPS) is 11.4. The highest BCUT2D eigenvalue weighted by Crippen LogP contribution is 2.18. The summed E-state index contributed by atoms with van der Waals surface area (Å²) in [4.78, 5) is 0.288. The molecular formula is C17H20BrNO3S. The lowest BCUT2D eigenvalue weighted by Crippen LogP contribution is -2.26. The molecule has 0 atom stereocenters. The Labute approximate surface area is 146 Å². The van der Waals surface area contributed by atoms with E-state index in [9.17, 15) is 8.42 Å². The van der Waals surface area contributed by atoms with E-state index < -0.39 is 10.0 Å². The van der Waals surface area contributed by atoms with Crippen molar-refractivity contribution in [1.29, 1.82) is 0 Å². The van der Waals surface area contributed by atoms with Crippen LogP contribution >= 0.6 is 15.9 Å². The lowest BCUT2D eigenvalue weighted by Gasteiger charge is -2.10. The number of rotatable bonds is 8. The van der Waals surface area contributed by atoms with Gasteiger partial charge in [0.2, 0.25) is 10.0 Å². The van der Waals surface area contributed by atoms with E-state index in [0.29, 0.717) is 13.0 Å². The summed E-state index contributed by atoms with van der Waals surface area (Å²) < 4.78 is 32.5. The third kappa shape index (κ3) is 5.06. The topological polar surface area (TPSA) is 55.4 Å². The van der Waals surface area contributed by atoms with Crippen LogP contribution in [0.15, 0.2) is 53.4 Å². The first-order valence-electron chi connectivity index (χ1n) is 7.33. The zero-order valence-electron chi connectivity index (χ0n) is 13.0. The van der Waals surface area contributed by atoms with Crippen molar-refractivity contribution in [3.8, 4) is 5.75 Å². The molecule has 0 aromatic heterocycles. The Morgan fingerprint density at radius 2 is 1.74 bits per heavy atom. The first-order valence-corrected chi connectivity index (χ1v) is 9.94. The van der Waals surface area contributed by atoms with Gasteiger partial charge >= 0.3 is 0 Å². The van der Waals surface area contributed by atoms with E-state index in [4.69, 9.17) is 4.74 Å². The number of aryl methyl sites for hydroxylation is 1. The molecule has 1 N–H and O–H groups in total. The van der Waals surface area contributed by atoms with Gasteiger partial charge in [0.15, 0.2) is 0 Å². The molecule has 6 heteroatoms. The zero-order valence-corrected chi connectivity index (χ0v) is 15.4. The van der Waals surface area contributed by atoms with Crippen LogP contribution in [0.1, 0.15) is 11.1 Å². The summed E-state index contributed by atoms with van der Waals surface area (Å²) in [5, 5.41) is 0.857. The molecule has 0 amide bonds. The Balaban J connectivity index is 1.98. The molecule has 2 rings (SSSR count). The first kappa shape index (κ1) is 18.0. The fourth-order valence-electron chi connectivity index (χ4n) is 2.26. The quantitative estimate of drug-likeness (QED) is 0.695. The maximum absolute atomic E-state index is 12.3. The highest BCUT2D eigenvalue weighted by molar-refractivity contribution is 9.09. The molecule has 124 valence electrons. The Kier molecular flexibility index (Phi) is 6.62. The van der Waals surface area contributed by atoms with Gasteiger partial charge in [-0.05, 0) is 42.2 Å². The van der Waals surface area contributed by atoms with E-state index in [1.807, 2.05) is 36.4 Å². The minimum absolute atomic E-state index is 0.288. The maximum Gasteiger partial charge on any atom is 0.240 e. The van der Waals surface area contributed by atoms with Crippen LogP contribution in [0.4, 0.5) is 0 Å². The van der Waals surface area contributed by atoms with Gasteiger partial charge in [0.1, 0.15) is 5.75 Å². The number of para-hydroxylation sites is 1. The van der Waals surface area contributed by atoms with Gasteiger partial charge in [0, 0.05) is 11.9 Å². The Bertz CT molecular complexity index is 730. The van der Waals surface area contributed by atoms with E-state index in [1.54, 1.807) is 19.2 Å². The van der Waals surface area contributed by atoms with E-state index in [-0.39, 0.29) is 4.90 Å². The highest BCUT2D eigenvalue weighted by Gasteiger charge is 2.13. The predicted molar refractivity (Wildman–Crippen MR) is 95.8 cm³/mol. The summed E-state index contributed by atoms with van der Waals surface area (Å²) in [5.74, 6) is 0.769. The molecule has 0 radical (unpaired) electrons. The SMILES string of the molecule is COc1ccccc1CCNS(=O)(=O)c1ccc(CCBr)cc1. The molecule has 0 spiro atoms. The largest absolute Gasteiger partial charge is 0.496 e. The van der Waals surface area contributed by atoms with E-state index in [2.05, 4.69) is 20.7 Å². The average molecular weight is 398 g/mol. The first-order chi connectivity index (χ1) is 11.1. The number of sulfonamides is 1. The van der Waals surface area contributed by atoms with Crippen molar-refractivity contribution in [2.75, 3.05) is 19.0 Å². The van der Waals surface area contributed by atoms with Crippen molar-refractivity contribution in [3.05, 3.63) is 59.7 Å². The highest BCUT2D eigenvalue weighted by atomic mass is 79.9. The van der Waals surface area contributed by atoms with Crippen LogP contribution in [-0.4, -0.2) is 27.4 Å². The van der Waals surface area contributed by atoms with Gasteiger partial charge in [0.25, 0.3) is 0 Å². The summed E-state index contributed by atoms with van der Waals surface area (Å²) in [6.45, 7) is 0.325. The molecule has 0 aliphatic carbocycles. The minimum atomic E-state index is -3.48. The van der Waals surface area contributed by atoms with Gasteiger partial charge in [0.05, 0.1) is 12.0 Å². The molecule has 0 heterocycles. The zero-order chi connectivity index (χ0) is 16.7. The number of hydrogen-bond donors (Lipinski definition) is 1. The predicted octanol–water partition coefficient (Wildman–Crippen LogP) is 3.15. The van der Waals surface area contributed by atoms with Crippen LogP contribution in [0.2, 0.25) is 0 Å². The third-order valence-electron chi connectivity index (χ3n) is 3.50. The van der Waals surface area contributed by atoms with Crippen LogP contribution < -0.4 is 9.46 Å². The fraction of sp³-hybridized carbons (Fsp3) is 0.294. The Morgan fingerprint density at radius 1 is 1.04 bits per heavy atom. The summed E-state index contributed by atoms with van der Waals surface area (Å²) in [6, 6.07) is 14.6. The van der Waals surface area contributed by atoms with Gasteiger partial charge in [-0.3, -0.25) is 0 Å². The molecule has 2 aromatic carbocycles. The Morgan fingerprint density at radius 3 is 2.39 bits per heavy atom. The monoisotopic (exact) mass is 397 g/mol. The third-order valence-corrected chi connectivity index (χ3v) is 5.37. The number of halogens is 1. The maximum atomic E-state index is 12.3. The van der Waals surface area contributed by atoms with Crippen molar-refractivity contribution >= 4 is 26.0 Å². The molecule has 4 nitrogen and oxygen atoms in total. The fourth-order valence-corrected chi connectivity index (χ4v) is 3.75. The second kappa shape index (κ2) is 8.47. The van der Waals surface area contributed by atoms with E-state index >= 15 is 0 Å². The Hall–Kier alpha value is -1.37. The van der Waals surface area contributed by atoms with Gasteiger partial charge in [-0.1, -0.05) is 46.3 Å². The standard InChI is InChI=1S/C17H20BrNO3S/c1-22-17-5-3-2-4-15(17)11-13-19-23(20,21)16-8-6-14(7-9-16)10-12-18/h2-9,19H,10-13H2,1H3. The lowest BCUT2D eigenvalue weighted by atomic mass is 10.1. The molecule has 0 fully saturated rings. The number of methoxy groups -OCH3 is 1. The van der Waals surface area contributed by atoms with Crippen molar-refractivity contribution in [1.82, 2.24) is 4.72 Å². The molecule has 0 saturated heterocycles. The molecule has 0 aliphatic heterocycles. The van der Waals surface area contributed by atoms with Crippen molar-refractivity contribution in [2.24, 2.45) is 0 Å².